The predicted octanol–water partition coefficient (Wildman–Crippen LogP) is 2.09. The third-order valence-corrected chi connectivity index (χ3v) is 4.95. The number of pyridine rings is 1. The van der Waals surface area contributed by atoms with Gasteiger partial charge >= 0.3 is 0 Å². The van der Waals surface area contributed by atoms with Gasteiger partial charge in [0.25, 0.3) is 0 Å². The third-order valence-electron chi connectivity index (χ3n) is 4.73. The average molecular weight is 304 g/mol. The average Bonchev–Trinajstić information content (AvgIpc) is 3.01. The zero-order valence-corrected chi connectivity index (χ0v) is 13.5. The van der Waals surface area contributed by atoms with E-state index in [1.807, 2.05) is 19.1 Å². The zero-order valence-electron chi connectivity index (χ0n) is 12.7. The van der Waals surface area contributed by atoms with Gasteiger partial charge in [-0.2, -0.15) is 0 Å². The number of hydrogen-bond donors (Lipinski definition) is 1. The van der Waals surface area contributed by atoms with Gasteiger partial charge in [0, 0.05) is 37.9 Å². The Balaban J connectivity index is 1.71. The van der Waals surface area contributed by atoms with Gasteiger partial charge in [0.05, 0.1) is 5.56 Å². The van der Waals surface area contributed by atoms with Crippen molar-refractivity contribution in [1.29, 1.82) is 0 Å². The molecule has 21 heavy (non-hydrogen) atoms. The fraction of sp³-hybridized carbons (Fsp3) is 0.625. The van der Waals surface area contributed by atoms with Crippen molar-refractivity contribution in [3.63, 3.8) is 0 Å². The van der Waals surface area contributed by atoms with E-state index in [0.717, 1.165) is 49.3 Å². The van der Waals surface area contributed by atoms with Crippen LogP contribution in [0.3, 0.4) is 0 Å². The summed E-state index contributed by atoms with van der Waals surface area (Å²) in [6.45, 7) is 6.29. The molecule has 1 aromatic rings. The van der Waals surface area contributed by atoms with Crippen LogP contribution in [0.25, 0.3) is 0 Å². The maximum atomic E-state index is 5.85. The van der Waals surface area contributed by atoms with Gasteiger partial charge in [-0.15, -0.1) is 0 Å². The van der Waals surface area contributed by atoms with Crippen molar-refractivity contribution in [2.45, 2.75) is 38.6 Å². The maximum Gasteiger partial charge on any atom is 0.139 e. The molecular weight excluding hydrogens is 280 g/mol. The molecular formula is C16H24N4S. The lowest BCUT2D eigenvalue weighted by Crippen LogP contribution is -2.50. The first-order valence-corrected chi connectivity index (χ1v) is 8.32. The zero-order chi connectivity index (χ0) is 14.8. The van der Waals surface area contributed by atoms with Gasteiger partial charge in [0.1, 0.15) is 10.8 Å². The Morgan fingerprint density at radius 1 is 1.19 bits per heavy atom. The molecule has 0 aromatic carbocycles. The molecule has 5 heteroatoms. The number of nitrogens with two attached hydrogens (primary N) is 1. The van der Waals surface area contributed by atoms with E-state index >= 15 is 0 Å². The molecule has 1 saturated heterocycles. The highest BCUT2D eigenvalue weighted by Gasteiger charge is 2.27. The fourth-order valence-electron chi connectivity index (χ4n) is 3.54. The lowest BCUT2D eigenvalue weighted by atomic mass is 10.1. The second kappa shape index (κ2) is 6.28. The Morgan fingerprint density at radius 2 is 1.86 bits per heavy atom. The highest BCUT2D eigenvalue weighted by Crippen LogP contribution is 2.26. The first-order valence-electron chi connectivity index (χ1n) is 7.91. The Bertz CT molecular complexity index is 517. The van der Waals surface area contributed by atoms with Crippen molar-refractivity contribution in [2.75, 3.05) is 31.1 Å². The van der Waals surface area contributed by atoms with Crippen LogP contribution in [-0.4, -0.2) is 47.1 Å². The monoisotopic (exact) mass is 304 g/mol. The van der Waals surface area contributed by atoms with Crippen LogP contribution < -0.4 is 10.6 Å². The number of hydrogen-bond acceptors (Lipinski definition) is 4. The number of thiocarbonyl (C=S) groups is 1. The molecule has 1 aliphatic carbocycles. The van der Waals surface area contributed by atoms with Crippen LogP contribution in [0, 0.1) is 6.92 Å². The van der Waals surface area contributed by atoms with Crippen LogP contribution in [0.4, 0.5) is 5.82 Å². The number of piperazine rings is 1. The van der Waals surface area contributed by atoms with E-state index in [2.05, 4.69) is 14.8 Å². The molecule has 0 spiro atoms. The summed E-state index contributed by atoms with van der Waals surface area (Å²) in [5.41, 5.74) is 7.78. The topological polar surface area (TPSA) is 45.4 Å². The molecule has 114 valence electrons. The van der Waals surface area contributed by atoms with E-state index in [1.54, 1.807) is 0 Å². The largest absolute Gasteiger partial charge is 0.389 e. The second-order valence-electron chi connectivity index (χ2n) is 6.15. The highest BCUT2D eigenvalue weighted by molar-refractivity contribution is 7.80. The Morgan fingerprint density at radius 3 is 2.48 bits per heavy atom. The van der Waals surface area contributed by atoms with Crippen LogP contribution in [0.2, 0.25) is 0 Å². The molecule has 0 amide bonds. The molecule has 0 radical (unpaired) electrons. The van der Waals surface area contributed by atoms with Gasteiger partial charge in [-0.1, -0.05) is 25.1 Å². The summed E-state index contributed by atoms with van der Waals surface area (Å²) in [6, 6.07) is 4.79. The SMILES string of the molecule is Cc1ccc(C(N)=S)c(N2CCN(C3CCCC3)CC2)n1. The minimum atomic E-state index is 0.440. The standard InChI is InChI=1S/C16H24N4S/c1-12-6-7-14(15(17)21)16(18-12)20-10-8-19(9-11-20)13-4-2-3-5-13/h6-7,13H,2-5,8-11H2,1H3,(H2,17,21). The van der Waals surface area contributed by atoms with E-state index in [1.165, 1.54) is 25.7 Å². The summed E-state index contributed by atoms with van der Waals surface area (Å²) >= 11 is 5.17. The summed E-state index contributed by atoms with van der Waals surface area (Å²) in [7, 11) is 0. The lowest BCUT2D eigenvalue weighted by Gasteiger charge is -2.39. The summed E-state index contributed by atoms with van der Waals surface area (Å²) < 4.78 is 0. The van der Waals surface area contributed by atoms with Crippen molar-refractivity contribution in [1.82, 2.24) is 9.88 Å². The lowest BCUT2D eigenvalue weighted by molar-refractivity contribution is 0.187. The first-order chi connectivity index (χ1) is 10.1. The molecule has 2 fully saturated rings. The molecule has 0 bridgehead atoms. The molecule has 1 aromatic heterocycles. The first kappa shape index (κ1) is 14.7. The van der Waals surface area contributed by atoms with Gasteiger partial charge in [-0.25, -0.2) is 4.98 Å². The Kier molecular flexibility index (Phi) is 4.40. The van der Waals surface area contributed by atoms with Gasteiger partial charge in [0.2, 0.25) is 0 Å². The smallest absolute Gasteiger partial charge is 0.139 e. The van der Waals surface area contributed by atoms with Crippen LogP contribution in [0.5, 0.6) is 0 Å². The number of nitrogens with zero attached hydrogens (tertiary/aromatic N) is 3. The number of anilines is 1. The van der Waals surface area contributed by atoms with E-state index in [0.29, 0.717) is 4.99 Å². The molecule has 2 N–H and O–H groups in total. The quantitative estimate of drug-likeness (QED) is 0.866. The number of aryl methyl sites for hydroxylation is 1. The fourth-order valence-corrected chi connectivity index (χ4v) is 3.70. The predicted molar refractivity (Wildman–Crippen MR) is 90.9 cm³/mol. The molecule has 1 saturated carbocycles. The maximum absolute atomic E-state index is 5.85. The van der Waals surface area contributed by atoms with E-state index < -0.39 is 0 Å². The van der Waals surface area contributed by atoms with Gasteiger partial charge in [0.15, 0.2) is 0 Å². The minimum Gasteiger partial charge on any atom is -0.389 e. The molecule has 1 aliphatic heterocycles. The van der Waals surface area contributed by atoms with Crippen molar-refractivity contribution in [2.24, 2.45) is 5.73 Å². The van der Waals surface area contributed by atoms with Crippen LogP contribution in [0.1, 0.15) is 36.9 Å². The minimum absolute atomic E-state index is 0.440. The molecule has 3 rings (SSSR count). The van der Waals surface area contributed by atoms with E-state index in [-0.39, 0.29) is 0 Å². The second-order valence-corrected chi connectivity index (χ2v) is 6.59. The molecule has 0 unspecified atom stereocenters. The third kappa shape index (κ3) is 3.19. The van der Waals surface area contributed by atoms with Crippen molar-refractivity contribution < 1.29 is 0 Å². The molecule has 4 nitrogen and oxygen atoms in total. The van der Waals surface area contributed by atoms with E-state index in [9.17, 15) is 0 Å². The summed E-state index contributed by atoms with van der Waals surface area (Å²) in [4.78, 5) is 10.1. The van der Waals surface area contributed by atoms with Crippen molar-refractivity contribution in [3.05, 3.63) is 23.4 Å². The number of aromatic nitrogens is 1. The molecule has 0 atom stereocenters. The van der Waals surface area contributed by atoms with Gasteiger partial charge < -0.3 is 10.6 Å². The van der Waals surface area contributed by atoms with Crippen molar-refractivity contribution in [3.8, 4) is 0 Å². The Hall–Kier alpha value is -1.20. The summed E-state index contributed by atoms with van der Waals surface area (Å²) in [5.74, 6) is 0.966. The normalized spacial score (nSPS) is 20.9. The van der Waals surface area contributed by atoms with Gasteiger partial charge in [-0.3, -0.25) is 4.90 Å². The van der Waals surface area contributed by atoms with Gasteiger partial charge in [-0.05, 0) is 31.9 Å². The Labute approximate surface area is 132 Å². The molecule has 2 aliphatic rings. The highest BCUT2D eigenvalue weighted by atomic mass is 32.1. The van der Waals surface area contributed by atoms with Crippen LogP contribution >= 0.6 is 12.2 Å². The molecule has 2 heterocycles. The number of rotatable bonds is 3. The van der Waals surface area contributed by atoms with Crippen molar-refractivity contribution >= 4 is 23.0 Å². The van der Waals surface area contributed by atoms with Crippen LogP contribution in [-0.2, 0) is 0 Å². The van der Waals surface area contributed by atoms with E-state index in [4.69, 9.17) is 18.0 Å². The summed E-state index contributed by atoms with van der Waals surface area (Å²) in [6.07, 6.45) is 5.55. The van der Waals surface area contributed by atoms with Crippen LogP contribution in [0.15, 0.2) is 12.1 Å². The summed E-state index contributed by atoms with van der Waals surface area (Å²) in [5, 5.41) is 0.